The summed E-state index contributed by atoms with van der Waals surface area (Å²) in [5, 5.41) is 15.0. The quantitative estimate of drug-likeness (QED) is 0.606. The Kier molecular flexibility index (Phi) is 9.38. The van der Waals surface area contributed by atoms with Crippen LogP contribution in [0.1, 0.15) is 48.9 Å². The van der Waals surface area contributed by atoms with Gasteiger partial charge >= 0.3 is 0 Å². The summed E-state index contributed by atoms with van der Waals surface area (Å²) in [5.74, 6) is 1.38. The van der Waals surface area contributed by atoms with Crippen LogP contribution < -0.4 is 9.47 Å². The van der Waals surface area contributed by atoms with Crippen molar-refractivity contribution in [3.05, 3.63) is 41.2 Å². The highest BCUT2D eigenvalue weighted by molar-refractivity contribution is 5.43. The molecule has 1 aromatic carbocycles. The Labute approximate surface area is 192 Å². The van der Waals surface area contributed by atoms with E-state index < -0.39 is 6.10 Å². The number of likely N-dealkylation sites (tertiary alicyclic amines) is 1. The summed E-state index contributed by atoms with van der Waals surface area (Å²) in [4.78, 5) is 4.63. The van der Waals surface area contributed by atoms with Gasteiger partial charge in [0.2, 0.25) is 0 Å². The van der Waals surface area contributed by atoms with Crippen molar-refractivity contribution >= 4 is 0 Å². The molecule has 1 aromatic heterocycles. The highest BCUT2D eigenvalue weighted by atomic mass is 16.5. The van der Waals surface area contributed by atoms with Gasteiger partial charge in [-0.15, -0.1) is 0 Å². The molecule has 0 spiro atoms. The molecule has 1 aliphatic heterocycles. The molecule has 0 radical (unpaired) electrons. The first-order chi connectivity index (χ1) is 15.4. The van der Waals surface area contributed by atoms with E-state index in [9.17, 15) is 5.11 Å². The van der Waals surface area contributed by atoms with Gasteiger partial charge in [0.05, 0.1) is 12.8 Å². The second-order valence-corrected chi connectivity index (χ2v) is 9.10. The number of hydrogen-bond donors (Lipinski definition) is 1. The van der Waals surface area contributed by atoms with E-state index in [2.05, 4.69) is 34.2 Å². The standard InChI is InChI=1S/C25H40N4O3/c1-20-22(17-28(3)26-20)16-27(2)15-21-10-11-24(31-4)25(14-21)32-19-23(30)18-29-12-8-6-5-7-9-13-29/h10-11,14,17,23,30H,5-9,12-13,15-16,18-19H2,1-4H3. The second-order valence-electron chi connectivity index (χ2n) is 9.10. The number of benzene rings is 1. The molecule has 1 aliphatic rings. The number of aliphatic hydroxyl groups is 1. The maximum absolute atomic E-state index is 10.6. The van der Waals surface area contributed by atoms with E-state index in [1.807, 2.05) is 30.8 Å². The molecule has 2 aromatic rings. The summed E-state index contributed by atoms with van der Waals surface area (Å²) in [5.41, 5.74) is 3.43. The fourth-order valence-corrected chi connectivity index (χ4v) is 4.43. The number of β-amino-alcohol motifs (C(OH)–C–C–N with tert-alkyl or cyclic N) is 1. The van der Waals surface area contributed by atoms with Crippen LogP contribution in [0.3, 0.4) is 0 Å². The third-order valence-corrected chi connectivity index (χ3v) is 6.08. The van der Waals surface area contributed by atoms with Gasteiger partial charge in [-0.1, -0.05) is 25.3 Å². The summed E-state index contributed by atoms with van der Waals surface area (Å²) < 4.78 is 13.4. The number of aryl methyl sites for hydroxylation is 2. The molecular weight excluding hydrogens is 404 g/mol. The van der Waals surface area contributed by atoms with Crippen molar-refractivity contribution in [2.24, 2.45) is 7.05 Å². The van der Waals surface area contributed by atoms with E-state index in [1.165, 1.54) is 37.7 Å². The number of hydrogen-bond acceptors (Lipinski definition) is 6. The minimum absolute atomic E-state index is 0.265. The Morgan fingerprint density at radius 1 is 1.09 bits per heavy atom. The van der Waals surface area contributed by atoms with E-state index in [-0.39, 0.29) is 6.61 Å². The van der Waals surface area contributed by atoms with Gasteiger partial charge in [-0.3, -0.25) is 9.58 Å². The molecule has 0 aliphatic carbocycles. The number of aliphatic hydroxyl groups excluding tert-OH is 1. The molecule has 0 bridgehead atoms. The van der Waals surface area contributed by atoms with Crippen LogP contribution in [-0.4, -0.2) is 71.2 Å². The summed E-state index contributed by atoms with van der Waals surface area (Å²) in [6, 6.07) is 6.03. The van der Waals surface area contributed by atoms with Gasteiger partial charge in [-0.25, -0.2) is 0 Å². The van der Waals surface area contributed by atoms with Gasteiger partial charge in [0.15, 0.2) is 11.5 Å². The van der Waals surface area contributed by atoms with Crippen LogP contribution in [0.15, 0.2) is 24.4 Å². The van der Waals surface area contributed by atoms with E-state index in [0.717, 1.165) is 37.4 Å². The molecule has 7 nitrogen and oxygen atoms in total. The highest BCUT2D eigenvalue weighted by Crippen LogP contribution is 2.29. The molecule has 32 heavy (non-hydrogen) atoms. The Hall–Kier alpha value is -2.09. The monoisotopic (exact) mass is 444 g/mol. The highest BCUT2D eigenvalue weighted by Gasteiger charge is 2.16. The van der Waals surface area contributed by atoms with Gasteiger partial charge in [-0.2, -0.15) is 5.10 Å². The molecule has 1 saturated heterocycles. The maximum atomic E-state index is 10.6. The smallest absolute Gasteiger partial charge is 0.161 e. The van der Waals surface area contributed by atoms with Crippen molar-refractivity contribution in [2.45, 2.75) is 58.2 Å². The second kappa shape index (κ2) is 12.2. The SMILES string of the molecule is COc1ccc(CN(C)Cc2cn(C)nc2C)cc1OCC(O)CN1CCCCCCC1. The van der Waals surface area contributed by atoms with E-state index in [0.29, 0.717) is 18.0 Å². The van der Waals surface area contributed by atoms with Crippen LogP contribution in [0.2, 0.25) is 0 Å². The van der Waals surface area contributed by atoms with Crippen molar-refractivity contribution in [3.63, 3.8) is 0 Å². The Balaban J connectivity index is 1.54. The Morgan fingerprint density at radius 3 is 2.47 bits per heavy atom. The third-order valence-electron chi connectivity index (χ3n) is 6.08. The van der Waals surface area contributed by atoms with Crippen LogP contribution in [0.25, 0.3) is 0 Å². The minimum Gasteiger partial charge on any atom is -0.493 e. The average Bonchev–Trinajstić information content (AvgIpc) is 3.05. The first kappa shape index (κ1) is 24.6. The zero-order valence-electron chi connectivity index (χ0n) is 20.2. The van der Waals surface area contributed by atoms with Gasteiger partial charge < -0.3 is 19.5 Å². The van der Waals surface area contributed by atoms with Gasteiger partial charge in [0, 0.05) is 38.4 Å². The summed E-state index contributed by atoms with van der Waals surface area (Å²) in [7, 11) is 5.70. The first-order valence-corrected chi connectivity index (χ1v) is 11.8. The zero-order chi connectivity index (χ0) is 22.9. The molecule has 1 unspecified atom stereocenters. The van der Waals surface area contributed by atoms with Crippen molar-refractivity contribution in [3.8, 4) is 11.5 Å². The van der Waals surface area contributed by atoms with Crippen molar-refractivity contribution in [1.82, 2.24) is 19.6 Å². The van der Waals surface area contributed by atoms with Gasteiger partial charge in [0.1, 0.15) is 12.7 Å². The van der Waals surface area contributed by atoms with E-state index >= 15 is 0 Å². The molecule has 0 saturated carbocycles. The average molecular weight is 445 g/mol. The number of aromatic nitrogens is 2. The summed E-state index contributed by atoms with van der Waals surface area (Å²) in [6.07, 6.45) is 7.92. The lowest BCUT2D eigenvalue weighted by molar-refractivity contribution is 0.0644. The third kappa shape index (κ3) is 7.50. The largest absolute Gasteiger partial charge is 0.493 e. The predicted octanol–water partition coefficient (Wildman–Crippen LogP) is 3.37. The van der Waals surface area contributed by atoms with Crippen LogP contribution in [-0.2, 0) is 20.1 Å². The molecule has 0 amide bonds. The van der Waals surface area contributed by atoms with Crippen LogP contribution in [0.5, 0.6) is 11.5 Å². The van der Waals surface area contributed by atoms with Gasteiger partial charge in [-0.05, 0) is 57.6 Å². The van der Waals surface area contributed by atoms with Crippen molar-refractivity contribution in [2.75, 3.05) is 40.4 Å². The lowest BCUT2D eigenvalue weighted by Gasteiger charge is -2.27. The topological polar surface area (TPSA) is 63.0 Å². The molecule has 2 heterocycles. The summed E-state index contributed by atoms with van der Waals surface area (Å²) in [6.45, 7) is 6.72. The molecular formula is C25H40N4O3. The lowest BCUT2D eigenvalue weighted by Crippen LogP contribution is -2.37. The van der Waals surface area contributed by atoms with Crippen LogP contribution in [0.4, 0.5) is 0 Å². The fraction of sp³-hybridized carbons (Fsp3) is 0.640. The van der Waals surface area contributed by atoms with Crippen LogP contribution >= 0.6 is 0 Å². The molecule has 3 rings (SSSR count). The van der Waals surface area contributed by atoms with E-state index in [4.69, 9.17) is 9.47 Å². The number of ether oxygens (including phenoxy) is 2. The lowest BCUT2D eigenvalue weighted by atomic mass is 10.1. The molecule has 1 fully saturated rings. The normalized spacial score (nSPS) is 16.6. The fourth-order valence-electron chi connectivity index (χ4n) is 4.43. The molecule has 7 heteroatoms. The van der Waals surface area contributed by atoms with E-state index in [1.54, 1.807) is 7.11 Å². The Bertz CT molecular complexity index is 831. The number of nitrogens with zero attached hydrogens (tertiary/aromatic N) is 4. The Morgan fingerprint density at radius 2 is 1.81 bits per heavy atom. The molecule has 1 N–H and O–H groups in total. The molecule has 178 valence electrons. The van der Waals surface area contributed by atoms with Crippen LogP contribution in [0, 0.1) is 6.92 Å². The first-order valence-electron chi connectivity index (χ1n) is 11.8. The maximum Gasteiger partial charge on any atom is 0.161 e. The minimum atomic E-state index is -0.515. The number of rotatable bonds is 10. The van der Waals surface area contributed by atoms with Gasteiger partial charge in [0.25, 0.3) is 0 Å². The summed E-state index contributed by atoms with van der Waals surface area (Å²) >= 11 is 0. The molecule has 1 atom stereocenters. The predicted molar refractivity (Wildman–Crippen MR) is 127 cm³/mol. The zero-order valence-corrected chi connectivity index (χ0v) is 20.2. The van der Waals surface area contributed by atoms with Crippen molar-refractivity contribution < 1.29 is 14.6 Å². The number of methoxy groups -OCH3 is 1. The van der Waals surface area contributed by atoms with Crippen molar-refractivity contribution in [1.29, 1.82) is 0 Å².